The molecule has 1 fully saturated rings. The van der Waals surface area contributed by atoms with Crippen LogP contribution in [0.5, 0.6) is 5.75 Å². The van der Waals surface area contributed by atoms with E-state index in [0.717, 1.165) is 33.2 Å². The quantitative estimate of drug-likeness (QED) is 0.544. The summed E-state index contributed by atoms with van der Waals surface area (Å²) in [4.78, 5) is 26.1. The van der Waals surface area contributed by atoms with Crippen molar-refractivity contribution in [2.24, 2.45) is 11.7 Å². The van der Waals surface area contributed by atoms with Gasteiger partial charge in [-0.1, -0.05) is 29.8 Å². The minimum absolute atomic E-state index is 0.0658. The number of furan rings is 1. The van der Waals surface area contributed by atoms with Crippen molar-refractivity contribution < 1.29 is 18.7 Å². The number of hydrogen-bond acceptors (Lipinski definition) is 4. The van der Waals surface area contributed by atoms with Gasteiger partial charge in [-0.2, -0.15) is 0 Å². The van der Waals surface area contributed by atoms with E-state index >= 15 is 0 Å². The molecule has 2 amide bonds. The standard InChI is InChI=1S/C27H30N2O4/c1-4-32-24-15-25-22(23(16-33-25)19-7-5-17(2)6-8-19)14-21(24)18(3)13-26(30)29-11-9-20(10-12-29)27(28)31/h5-8,13-16,20H,4,9-12H2,1-3H3,(H2,28,31)/b18-13+. The van der Waals surface area contributed by atoms with Crippen molar-refractivity contribution in [2.75, 3.05) is 19.7 Å². The zero-order chi connectivity index (χ0) is 23.5. The summed E-state index contributed by atoms with van der Waals surface area (Å²) in [5.74, 6) is 0.188. The van der Waals surface area contributed by atoms with Crippen LogP contribution in [0.4, 0.5) is 0 Å². The number of benzene rings is 2. The number of ether oxygens (including phenoxy) is 1. The molecule has 2 aromatic carbocycles. The fourth-order valence-corrected chi connectivity index (χ4v) is 4.33. The molecule has 3 aromatic rings. The van der Waals surface area contributed by atoms with E-state index in [1.807, 2.05) is 26.0 Å². The van der Waals surface area contributed by atoms with Crippen molar-refractivity contribution in [2.45, 2.75) is 33.6 Å². The van der Waals surface area contributed by atoms with Crippen molar-refractivity contribution in [3.63, 3.8) is 0 Å². The molecule has 6 heteroatoms. The molecule has 172 valence electrons. The predicted octanol–water partition coefficient (Wildman–Crippen LogP) is 4.93. The molecular weight excluding hydrogens is 416 g/mol. The Morgan fingerprint density at radius 2 is 1.88 bits per heavy atom. The van der Waals surface area contributed by atoms with E-state index in [2.05, 4.69) is 31.2 Å². The van der Waals surface area contributed by atoms with Crippen molar-refractivity contribution in [3.05, 3.63) is 59.9 Å². The third kappa shape index (κ3) is 4.80. The van der Waals surface area contributed by atoms with Crippen LogP contribution in [0.15, 0.2) is 53.2 Å². The number of aryl methyl sites for hydroxylation is 1. The lowest BCUT2D eigenvalue weighted by Gasteiger charge is -2.30. The van der Waals surface area contributed by atoms with Crippen LogP contribution in [0.2, 0.25) is 0 Å². The van der Waals surface area contributed by atoms with E-state index in [1.54, 1.807) is 17.2 Å². The maximum atomic E-state index is 12.9. The lowest BCUT2D eigenvalue weighted by atomic mass is 9.96. The highest BCUT2D eigenvalue weighted by molar-refractivity contribution is 6.00. The molecule has 33 heavy (non-hydrogen) atoms. The van der Waals surface area contributed by atoms with Crippen LogP contribution >= 0.6 is 0 Å². The number of primary amides is 1. The highest BCUT2D eigenvalue weighted by Gasteiger charge is 2.25. The highest BCUT2D eigenvalue weighted by Crippen LogP contribution is 2.37. The molecule has 0 atom stereocenters. The van der Waals surface area contributed by atoms with Gasteiger partial charge >= 0.3 is 0 Å². The summed E-state index contributed by atoms with van der Waals surface area (Å²) in [5.41, 5.74) is 11.1. The Kier molecular flexibility index (Phi) is 6.54. The van der Waals surface area contributed by atoms with Gasteiger partial charge in [0.15, 0.2) is 0 Å². The first-order valence-corrected chi connectivity index (χ1v) is 11.4. The van der Waals surface area contributed by atoms with Gasteiger partial charge in [-0.3, -0.25) is 9.59 Å². The van der Waals surface area contributed by atoms with E-state index in [4.69, 9.17) is 14.9 Å². The fraction of sp³-hybridized carbons (Fsp3) is 0.333. The molecule has 0 unspecified atom stereocenters. The van der Waals surface area contributed by atoms with Crippen LogP contribution in [0, 0.1) is 12.8 Å². The van der Waals surface area contributed by atoms with Gasteiger partial charge in [0.25, 0.3) is 0 Å². The average Bonchev–Trinajstić information content (AvgIpc) is 3.22. The summed E-state index contributed by atoms with van der Waals surface area (Å²) in [6, 6.07) is 12.3. The average molecular weight is 447 g/mol. The summed E-state index contributed by atoms with van der Waals surface area (Å²) in [5, 5.41) is 0.972. The second-order valence-corrected chi connectivity index (χ2v) is 8.62. The minimum atomic E-state index is -0.284. The van der Waals surface area contributed by atoms with E-state index < -0.39 is 0 Å². The number of carbonyl (C=O) groups excluding carboxylic acids is 2. The summed E-state index contributed by atoms with van der Waals surface area (Å²) in [7, 11) is 0. The molecule has 1 aliphatic rings. The Balaban J connectivity index is 1.66. The first-order chi connectivity index (χ1) is 15.9. The number of amides is 2. The number of piperidine rings is 1. The second-order valence-electron chi connectivity index (χ2n) is 8.62. The minimum Gasteiger partial charge on any atom is -0.493 e. The largest absolute Gasteiger partial charge is 0.493 e. The third-order valence-electron chi connectivity index (χ3n) is 6.31. The van der Waals surface area contributed by atoms with Crippen LogP contribution in [0.3, 0.4) is 0 Å². The maximum Gasteiger partial charge on any atom is 0.246 e. The van der Waals surface area contributed by atoms with Gasteiger partial charge in [-0.05, 0) is 50.8 Å². The van der Waals surface area contributed by atoms with Gasteiger partial charge < -0.3 is 19.8 Å². The number of nitrogens with two attached hydrogens (primary N) is 1. The van der Waals surface area contributed by atoms with E-state index in [-0.39, 0.29) is 17.7 Å². The Morgan fingerprint density at radius 1 is 1.18 bits per heavy atom. The van der Waals surface area contributed by atoms with E-state index in [9.17, 15) is 9.59 Å². The summed E-state index contributed by atoms with van der Waals surface area (Å²) in [6.07, 6.45) is 4.64. The first kappa shape index (κ1) is 22.6. The molecule has 0 radical (unpaired) electrons. The van der Waals surface area contributed by atoms with Crippen molar-refractivity contribution >= 4 is 28.4 Å². The normalized spacial score (nSPS) is 15.1. The van der Waals surface area contributed by atoms with Crippen LogP contribution in [0.1, 0.15) is 37.8 Å². The smallest absolute Gasteiger partial charge is 0.246 e. The number of carbonyl (C=O) groups is 2. The zero-order valence-corrected chi connectivity index (χ0v) is 19.4. The van der Waals surface area contributed by atoms with Gasteiger partial charge in [0.05, 0.1) is 12.9 Å². The van der Waals surface area contributed by atoms with E-state index in [0.29, 0.717) is 38.3 Å². The SMILES string of the molecule is CCOc1cc2occ(-c3ccc(C)cc3)c2cc1/C(C)=C/C(=O)N1CCC(C(N)=O)CC1. The van der Waals surface area contributed by atoms with Gasteiger partial charge in [-0.15, -0.1) is 0 Å². The van der Waals surface area contributed by atoms with Gasteiger partial charge in [-0.25, -0.2) is 0 Å². The van der Waals surface area contributed by atoms with Crippen molar-refractivity contribution in [3.8, 4) is 16.9 Å². The number of hydrogen-bond donors (Lipinski definition) is 1. The monoisotopic (exact) mass is 446 g/mol. The molecule has 1 aromatic heterocycles. The van der Waals surface area contributed by atoms with Crippen LogP contribution in [0.25, 0.3) is 27.7 Å². The topological polar surface area (TPSA) is 85.8 Å². The Labute approximate surface area is 194 Å². The second kappa shape index (κ2) is 9.53. The Bertz CT molecular complexity index is 1200. The Morgan fingerprint density at radius 3 is 2.52 bits per heavy atom. The van der Waals surface area contributed by atoms with Gasteiger partial charge in [0.1, 0.15) is 11.3 Å². The molecule has 4 rings (SSSR count). The number of nitrogens with zero attached hydrogens (tertiary/aromatic N) is 1. The molecule has 6 nitrogen and oxygen atoms in total. The van der Waals surface area contributed by atoms with E-state index in [1.165, 1.54) is 5.56 Å². The molecule has 2 heterocycles. The van der Waals surface area contributed by atoms with Gasteiger partial charge in [0, 0.05) is 47.7 Å². The summed E-state index contributed by atoms with van der Waals surface area (Å²) >= 11 is 0. The highest BCUT2D eigenvalue weighted by atomic mass is 16.5. The molecule has 2 N–H and O–H groups in total. The van der Waals surface area contributed by atoms with Crippen LogP contribution in [-0.2, 0) is 9.59 Å². The molecule has 1 saturated heterocycles. The molecule has 0 saturated carbocycles. The summed E-state index contributed by atoms with van der Waals surface area (Å²) < 4.78 is 11.7. The molecule has 0 bridgehead atoms. The Hall–Kier alpha value is -3.54. The molecule has 1 aliphatic heterocycles. The lowest BCUT2D eigenvalue weighted by Crippen LogP contribution is -2.41. The maximum absolute atomic E-state index is 12.9. The molecule has 0 spiro atoms. The first-order valence-electron chi connectivity index (χ1n) is 11.4. The van der Waals surface area contributed by atoms with Crippen molar-refractivity contribution in [1.29, 1.82) is 0 Å². The van der Waals surface area contributed by atoms with Gasteiger partial charge in [0.2, 0.25) is 11.8 Å². The van der Waals surface area contributed by atoms with Crippen molar-refractivity contribution in [1.82, 2.24) is 4.90 Å². The van der Waals surface area contributed by atoms with Crippen LogP contribution in [-0.4, -0.2) is 36.4 Å². The fourth-order valence-electron chi connectivity index (χ4n) is 4.33. The predicted molar refractivity (Wildman–Crippen MR) is 130 cm³/mol. The third-order valence-corrected chi connectivity index (χ3v) is 6.31. The zero-order valence-electron chi connectivity index (χ0n) is 19.4. The summed E-state index contributed by atoms with van der Waals surface area (Å²) in [6.45, 7) is 7.49. The lowest BCUT2D eigenvalue weighted by molar-refractivity contribution is -0.130. The number of likely N-dealkylation sites (tertiary alicyclic amines) is 1. The molecular formula is C27H30N2O4. The molecule has 0 aliphatic carbocycles. The van der Waals surface area contributed by atoms with Crippen LogP contribution < -0.4 is 10.5 Å². The number of rotatable bonds is 6. The number of allylic oxidation sites excluding steroid dienone is 1. The number of fused-ring (bicyclic) bond motifs is 1.